The van der Waals surface area contributed by atoms with Crippen LogP contribution in [0.15, 0.2) is 17.5 Å². The molecular weight excluding hydrogens is 252 g/mol. The van der Waals surface area contributed by atoms with Crippen molar-refractivity contribution in [3.8, 4) is 0 Å². The molecule has 0 aliphatic carbocycles. The third kappa shape index (κ3) is 2.10. The molecule has 2 N–H and O–H groups in total. The van der Waals surface area contributed by atoms with Gasteiger partial charge in [-0.3, -0.25) is 4.79 Å². The number of likely N-dealkylation sites (tertiary alicyclic amines) is 1. The fourth-order valence-electron chi connectivity index (χ4n) is 2.13. The van der Waals surface area contributed by atoms with Crippen LogP contribution < -0.4 is 5.73 Å². The van der Waals surface area contributed by atoms with Crippen molar-refractivity contribution in [2.24, 2.45) is 5.73 Å². The monoisotopic (exact) mass is 266 g/mol. The van der Waals surface area contributed by atoms with Gasteiger partial charge in [0.2, 0.25) is 0 Å². The average Bonchev–Trinajstić information content (AvgIpc) is 2.89. The molecule has 1 aliphatic heterocycles. The van der Waals surface area contributed by atoms with Crippen molar-refractivity contribution >= 4 is 38.0 Å². The van der Waals surface area contributed by atoms with E-state index in [1.54, 1.807) is 22.7 Å². The molecule has 1 aliphatic rings. The Morgan fingerprint density at radius 1 is 1.35 bits per heavy atom. The number of carbonyl (C=O) groups is 1. The largest absolute Gasteiger partial charge is 0.338 e. The lowest BCUT2D eigenvalue weighted by atomic mass is 10.1. The van der Waals surface area contributed by atoms with Crippen LogP contribution in [0.4, 0.5) is 0 Å². The third-order valence-corrected chi connectivity index (χ3v) is 5.26. The first-order valence-electron chi connectivity index (χ1n) is 5.76. The summed E-state index contributed by atoms with van der Waals surface area (Å²) in [5, 5.41) is 2.06. The van der Waals surface area contributed by atoms with Crippen molar-refractivity contribution in [1.29, 1.82) is 0 Å². The van der Waals surface area contributed by atoms with Gasteiger partial charge in [0, 0.05) is 28.5 Å². The molecule has 2 aromatic heterocycles. The molecule has 0 unspecified atom stereocenters. The Hall–Kier alpha value is -0.910. The van der Waals surface area contributed by atoms with E-state index < -0.39 is 0 Å². The highest BCUT2D eigenvalue weighted by atomic mass is 32.1. The predicted octanol–water partition coefficient (Wildman–Crippen LogP) is 2.53. The Balaban J connectivity index is 1.79. The number of carbonyl (C=O) groups excluding carboxylic acids is 1. The zero-order chi connectivity index (χ0) is 11.8. The van der Waals surface area contributed by atoms with Gasteiger partial charge in [0.15, 0.2) is 0 Å². The van der Waals surface area contributed by atoms with Gasteiger partial charge in [-0.25, -0.2) is 0 Å². The molecule has 3 rings (SSSR count). The van der Waals surface area contributed by atoms with E-state index in [4.69, 9.17) is 5.73 Å². The predicted molar refractivity (Wildman–Crippen MR) is 72.8 cm³/mol. The molecule has 17 heavy (non-hydrogen) atoms. The zero-order valence-corrected chi connectivity index (χ0v) is 11.0. The van der Waals surface area contributed by atoms with Gasteiger partial charge in [-0.05, 0) is 30.4 Å². The Morgan fingerprint density at radius 3 is 2.82 bits per heavy atom. The van der Waals surface area contributed by atoms with E-state index in [-0.39, 0.29) is 11.9 Å². The number of thiophene rings is 2. The first kappa shape index (κ1) is 11.2. The topological polar surface area (TPSA) is 46.3 Å². The van der Waals surface area contributed by atoms with E-state index in [1.165, 1.54) is 9.40 Å². The van der Waals surface area contributed by atoms with Gasteiger partial charge in [0.25, 0.3) is 5.91 Å². The summed E-state index contributed by atoms with van der Waals surface area (Å²) in [7, 11) is 0. The minimum atomic E-state index is 0.172. The number of rotatable bonds is 1. The van der Waals surface area contributed by atoms with Crippen LogP contribution in [0.1, 0.15) is 22.5 Å². The molecule has 1 saturated heterocycles. The number of piperidine rings is 1. The van der Waals surface area contributed by atoms with Gasteiger partial charge in [-0.15, -0.1) is 22.7 Å². The van der Waals surface area contributed by atoms with Crippen molar-refractivity contribution < 1.29 is 4.79 Å². The molecule has 1 amide bonds. The minimum absolute atomic E-state index is 0.172. The first-order valence-corrected chi connectivity index (χ1v) is 7.45. The maximum Gasteiger partial charge on any atom is 0.263 e. The van der Waals surface area contributed by atoms with Gasteiger partial charge in [0.05, 0.1) is 4.88 Å². The minimum Gasteiger partial charge on any atom is -0.338 e. The quantitative estimate of drug-likeness (QED) is 0.862. The van der Waals surface area contributed by atoms with Gasteiger partial charge in [-0.2, -0.15) is 0 Å². The summed E-state index contributed by atoms with van der Waals surface area (Å²) < 4.78 is 2.43. The van der Waals surface area contributed by atoms with Crippen LogP contribution in [0.2, 0.25) is 0 Å². The highest BCUT2D eigenvalue weighted by molar-refractivity contribution is 7.27. The van der Waals surface area contributed by atoms with Crippen LogP contribution in [-0.4, -0.2) is 29.9 Å². The second-order valence-electron chi connectivity index (χ2n) is 4.39. The summed E-state index contributed by atoms with van der Waals surface area (Å²) in [6.07, 6.45) is 1.84. The highest BCUT2D eigenvalue weighted by Gasteiger charge is 2.23. The van der Waals surface area contributed by atoms with E-state index in [9.17, 15) is 4.79 Å². The second kappa shape index (κ2) is 4.40. The van der Waals surface area contributed by atoms with Crippen molar-refractivity contribution in [1.82, 2.24) is 4.90 Å². The molecule has 0 aromatic carbocycles. The fourth-order valence-corrected chi connectivity index (χ4v) is 4.21. The third-order valence-electron chi connectivity index (χ3n) is 3.18. The summed E-state index contributed by atoms with van der Waals surface area (Å²) in [6.45, 7) is 1.59. The Morgan fingerprint density at radius 2 is 2.12 bits per heavy atom. The van der Waals surface area contributed by atoms with Crippen LogP contribution in [0, 0.1) is 0 Å². The van der Waals surface area contributed by atoms with Crippen molar-refractivity contribution in [3.05, 3.63) is 22.4 Å². The molecule has 0 radical (unpaired) electrons. The van der Waals surface area contributed by atoms with E-state index in [2.05, 4.69) is 11.4 Å². The number of nitrogens with two attached hydrogens (primary N) is 1. The maximum atomic E-state index is 12.3. The number of nitrogens with zero attached hydrogens (tertiary/aromatic N) is 1. The van der Waals surface area contributed by atoms with Crippen molar-refractivity contribution in [3.63, 3.8) is 0 Å². The lowest BCUT2D eigenvalue weighted by Crippen LogP contribution is -2.42. The normalized spacial score (nSPS) is 17.8. The van der Waals surface area contributed by atoms with Gasteiger partial charge < -0.3 is 10.6 Å². The van der Waals surface area contributed by atoms with Crippen LogP contribution in [0.5, 0.6) is 0 Å². The van der Waals surface area contributed by atoms with E-state index in [0.717, 1.165) is 30.8 Å². The Bertz CT molecular complexity index is 509. The first-order chi connectivity index (χ1) is 8.24. The zero-order valence-electron chi connectivity index (χ0n) is 9.39. The van der Waals surface area contributed by atoms with Crippen LogP contribution >= 0.6 is 22.7 Å². The fraction of sp³-hybridized carbons (Fsp3) is 0.417. The second-order valence-corrected chi connectivity index (χ2v) is 6.42. The molecule has 3 nitrogen and oxygen atoms in total. The summed E-state index contributed by atoms with van der Waals surface area (Å²) in [5.74, 6) is 0.172. The van der Waals surface area contributed by atoms with E-state index >= 15 is 0 Å². The lowest BCUT2D eigenvalue weighted by molar-refractivity contribution is 0.0720. The van der Waals surface area contributed by atoms with Crippen LogP contribution in [0.25, 0.3) is 9.40 Å². The summed E-state index contributed by atoms with van der Waals surface area (Å²) in [4.78, 5) is 15.1. The van der Waals surface area contributed by atoms with E-state index in [0.29, 0.717) is 0 Å². The summed E-state index contributed by atoms with van der Waals surface area (Å²) in [5.41, 5.74) is 5.85. The van der Waals surface area contributed by atoms with Crippen LogP contribution in [-0.2, 0) is 0 Å². The molecule has 90 valence electrons. The molecule has 1 fully saturated rings. The molecule has 2 aromatic rings. The Kier molecular flexibility index (Phi) is 2.90. The maximum absolute atomic E-state index is 12.3. The number of hydrogen-bond donors (Lipinski definition) is 1. The van der Waals surface area contributed by atoms with Crippen molar-refractivity contribution in [2.45, 2.75) is 18.9 Å². The Labute approximate surface area is 108 Å². The highest BCUT2D eigenvalue weighted by Crippen LogP contribution is 2.31. The molecule has 5 heteroatoms. The standard InChI is InChI=1S/C12H14N2OS2/c13-8-1-4-14(5-2-8)12(15)11-7-10-9(17-11)3-6-16-10/h3,6-8H,1-2,4-5,13H2. The lowest BCUT2D eigenvalue weighted by Gasteiger charge is -2.29. The summed E-state index contributed by atoms with van der Waals surface area (Å²) in [6, 6.07) is 4.36. The smallest absolute Gasteiger partial charge is 0.263 e. The molecule has 0 spiro atoms. The van der Waals surface area contributed by atoms with Crippen molar-refractivity contribution in [2.75, 3.05) is 13.1 Å². The number of fused-ring (bicyclic) bond motifs is 1. The molecule has 0 bridgehead atoms. The van der Waals surface area contributed by atoms with Gasteiger partial charge >= 0.3 is 0 Å². The number of hydrogen-bond acceptors (Lipinski definition) is 4. The summed E-state index contributed by atoms with van der Waals surface area (Å²) >= 11 is 3.29. The van der Waals surface area contributed by atoms with Crippen LogP contribution in [0.3, 0.4) is 0 Å². The van der Waals surface area contributed by atoms with Gasteiger partial charge in [-0.1, -0.05) is 0 Å². The average molecular weight is 266 g/mol. The SMILES string of the molecule is NC1CCN(C(=O)c2cc3sccc3s2)CC1. The molecule has 0 atom stereocenters. The molecule has 0 saturated carbocycles. The van der Waals surface area contributed by atoms with Gasteiger partial charge in [0.1, 0.15) is 0 Å². The van der Waals surface area contributed by atoms with E-state index in [1.807, 2.05) is 11.0 Å². The molecular formula is C12H14N2OS2. The number of amides is 1. The molecule has 3 heterocycles.